The van der Waals surface area contributed by atoms with Crippen molar-refractivity contribution in [2.45, 2.75) is 316 Å². The van der Waals surface area contributed by atoms with Crippen LogP contribution in [-0.4, -0.2) is 55.8 Å². The first kappa shape index (κ1) is 102. The fraction of sp³-hybridized carbons (Fsp3) is 0.504. The van der Waals surface area contributed by atoms with Crippen LogP contribution in [0.1, 0.15) is 297 Å². The van der Waals surface area contributed by atoms with Crippen LogP contribution in [-0.2, 0) is 11.2 Å². The Kier molecular flexibility index (Phi) is 36.5. The molecule has 0 aliphatic carbocycles. The standard InChI is InChI=1S/C51H60N4OS3.C30H47OS2.C20H10Br2N4S.3C4H9.Sn/c1-31(2)17-15-19-33(5)25-27-51(28-26-34(6)20-16-18-32(3)4)39-30-41(58-49(39)50-40(56-51)29-35(7)57-50)42-47-43(36(8)44-48(42)55-59-54-44)52-45(37-21-11-9-12-22-37)46(53-47)38-23-13-10-14-24-38;1-21(2)10-8-12-23(5)14-17-30(18-15-24(6)13-9-11-22(3)4)26-16-19-32-28(26)29-27(31-30)20-25(7)33-29;21-13-17-18(14(22)20-19(13)25-27-26-20)24-16(12-9-5-2-6-10-12)15(23-17)11-7-3-1-4-8-11;3*1-3-4-2;/h9-14,21-24,29-34H,15-20,25-28H2,1-8H3;16,20-24H,8-15,17-18H2,1-7H3;1-10H;3*1,3-4H2,2H3;. The van der Waals surface area contributed by atoms with Gasteiger partial charge in [0.25, 0.3) is 0 Å². The van der Waals surface area contributed by atoms with E-state index in [4.69, 9.17) is 38.2 Å². The van der Waals surface area contributed by atoms with Crippen LogP contribution in [0.4, 0.5) is 0 Å². The molecule has 0 fully saturated rings. The minimum Gasteiger partial charge on any atom is -0.481 e. The number of hydrogen-bond donors (Lipinski definition) is 0. The van der Waals surface area contributed by atoms with Gasteiger partial charge < -0.3 is 4.74 Å². The molecule has 10 nitrogen and oxygen atoms in total. The van der Waals surface area contributed by atoms with Gasteiger partial charge in [0.05, 0.1) is 70.4 Å². The van der Waals surface area contributed by atoms with Crippen LogP contribution in [0.2, 0.25) is 13.3 Å². The molecule has 0 spiro atoms. The van der Waals surface area contributed by atoms with Gasteiger partial charge in [-0.25, -0.2) is 19.9 Å². The SMILES string of the molecule is Brc1c2nsnc2c(Br)c2nc(-c3ccccc3)c(-c3ccccc3)nc12.CCC[CH2][Sn]([CH2]CCC)([CH2]CCC)[c]1cc2c(s1)-c1sc(C)cc1OC2(CCC(C)CCCC(C)C)CCC(C)CCCC(C)C.Cc1cc2c(s1)-c1sc(-c3c4nsnc4c(C)c4nc(-c5ccccc5)c(-c5ccccc5)nc34)cc1C(CCC(C)CCCC(C)C)(CCC(C)CCCC(C)C)O2. The minimum absolute atomic E-state index is 0.166. The number of ether oxygens (including phenoxy) is 2. The van der Waals surface area contributed by atoms with Crippen LogP contribution in [0.3, 0.4) is 0 Å². The number of halogens is 2. The van der Waals surface area contributed by atoms with Gasteiger partial charge in [-0.05, 0) is 107 Å². The monoisotopic (exact) mass is 2110 g/mol. The van der Waals surface area contributed by atoms with Crippen LogP contribution in [0, 0.1) is 68.1 Å². The zero-order valence-electron chi connectivity index (χ0n) is 82.1. The number of benzene rings is 6. The second-order valence-electron chi connectivity index (χ2n) is 40.7. The van der Waals surface area contributed by atoms with E-state index >= 15 is 0 Å². The summed E-state index contributed by atoms with van der Waals surface area (Å²) in [5.74, 6) is 8.16. The van der Waals surface area contributed by atoms with Gasteiger partial charge in [0, 0.05) is 48.7 Å². The molecule has 0 radical (unpaired) electrons. The van der Waals surface area contributed by atoms with Crippen molar-refractivity contribution in [3.05, 3.63) is 181 Å². The molecule has 10 heterocycles. The summed E-state index contributed by atoms with van der Waals surface area (Å²) >= 11 is 15.2. The molecule has 8 aromatic heterocycles. The molecule has 2 aliphatic rings. The number of rotatable bonds is 43. The minimum atomic E-state index is -2.59. The number of aryl methyl sites for hydroxylation is 3. The Hall–Kier alpha value is -6.20. The molecule has 0 N–H and O–H groups in total. The van der Waals surface area contributed by atoms with Crippen molar-refractivity contribution in [3.8, 4) is 86.5 Å². The van der Waals surface area contributed by atoms with Crippen LogP contribution < -0.4 is 12.4 Å². The van der Waals surface area contributed by atoms with Gasteiger partial charge in [0.2, 0.25) is 0 Å². The molecule has 6 aromatic carbocycles. The fourth-order valence-corrected chi connectivity index (χ4v) is 46.3. The van der Waals surface area contributed by atoms with Crippen molar-refractivity contribution >= 4 is 166 Å². The van der Waals surface area contributed by atoms with Gasteiger partial charge in [0.15, 0.2) is 0 Å². The second kappa shape index (κ2) is 47.4. The number of thiophene rings is 4. The average Bonchev–Trinajstić information content (AvgIpc) is 1.36. The summed E-state index contributed by atoms with van der Waals surface area (Å²) in [6, 6.07) is 51.2. The molecule has 0 saturated heterocycles. The van der Waals surface area contributed by atoms with Crippen LogP contribution in [0.25, 0.3) is 119 Å². The maximum atomic E-state index is 7.49. The van der Waals surface area contributed by atoms with Gasteiger partial charge in [-0.3, -0.25) is 0 Å². The summed E-state index contributed by atoms with van der Waals surface area (Å²) in [5, 5.41) is 0. The van der Waals surface area contributed by atoms with E-state index in [9.17, 15) is 0 Å². The Morgan fingerprint density at radius 1 is 0.333 bits per heavy atom. The average molecular weight is 2120 g/mol. The van der Waals surface area contributed by atoms with E-state index in [0.29, 0.717) is 11.8 Å². The van der Waals surface area contributed by atoms with E-state index in [1.165, 1.54) is 205 Å². The second-order valence-corrected chi connectivity index (χ2v) is 62.1. The zero-order chi connectivity index (χ0) is 93.4. The van der Waals surface area contributed by atoms with Gasteiger partial charge >= 0.3 is 301 Å². The maximum absolute atomic E-state index is 7.49. The normalized spacial score (nSPS) is 15.7. The van der Waals surface area contributed by atoms with E-state index in [1.54, 1.807) is 23.8 Å². The first-order valence-corrected chi connectivity index (χ1v) is 63.9. The van der Waals surface area contributed by atoms with Gasteiger partial charge in [0.1, 0.15) is 50.0 Å². The molecule has 132 heavy (non-hydrogen) atoms. The smallest absolute Gasteiger partial charge is 0.481 e. The summed E-state index contributed by atoms with van der Waals surface area (Å²) in [4.78, 5) is 30.7. The van der Waals surface area contributed by atoms with Crippen molar-refractivity contribution in [1.29, 1.82) is 0 Å². The third kappa shape index (κ3) is 24.4. The molecule has 0 amide bonds. The van der Waals surface area contributed by atoms with Crippen LogP contribution in [0.5, 0.6) is 11.5 Å². The van der Waals surface area contributed by atoms with Crippen LogP contribution in [0.15, 0.2) is 155 Å². The number of aromatic nitrogens is 8. The fourth-order valence-electron chi connectivity index (χ4n) is 20.0. The number of nitrogens with zero attached hydrogens (tertiary/aromatic N) is 8. The Morgan fingerprint density at radius 2 is 0.659 bits per heavy atom. The Bertz CT molecular complexity index is 5890. The third-order valence-corrected chi connectivity index (χ3v) is 53.4. The molecular weight excluding hydrogens is 1970 g/mol. The van der Waals surface area contributed by atoms with Crippen molar-refractivity contribution < 1.29 is 9.47 Å². The third-order valence-electron chi connectivity index (χ3n) is 28.0. The molecule has 19 heteroatoms. The molecule has 0 saturated carbocycles. The Balaban J connectivity index is 0.000000170. The zero-order valence-corrected chi connectivity index (χ0v) is 93.0. The van der Waals surface area contributed by atoms with E-state index in [1.807, 2.05) is 97.6 Å². The summed E-state index contributed by atoms with van der Waals surface area (Å²) in [7, 11) is 0. The van der Waals surface area contributed by atoms with E-state index in [-0.39, 0.29) is 5.60 Å². The van der Waals surface area contributed by atoms with Gasteiger partial charge in [-0.1, -0.05) is 201 Å². The van der Waals surface area contributed by atoms with Crippen molar-refractivity contribution in [2.24, 2.45) is 47.3 Å². The topological polar surface area (TPSA) is 122 Å². The number of fused-ring (bicyclic) bond motifs is 10. The van der Waals surface area contributed by atoms with Crippen LogP contribution >= 0.6 is 101 Å². The van der Waals surface area contributed by atoms with Crippen molar-refractivity contribution in [3.63, 3.8) is 0 Å². The first-order chi connectivity index (χ1) is 63.7. The van der Waals surface area contributed by atoms with Gasteiger partial charge in [-0.15, -0.1) is 22.7 Å². The molecule has 4 unspecified atom stereocenters. The van der Waals surface area contributed by atoms with Gasteiger partial charge in [-0.2, -0.15) is 17.5 Å². The Labute approximate surface area is 835 Å². The van der Waals surface area contributed by atoms with Crippen molar-refractivity contribution in [1.82, 2.24) is 37.4 Å². The molecule has 2 aliphatic heterocycles. The van der Waals surface area contributed by atoms with E-state index < -0.39 is 24.0 Å². The van der Waals surface area contributed by atoms with E-state index in [2.05, 4.69) is 262 Å². The summed E-state index contributed by atoms with van der Waals surface area (Å²) in [5.41, 5.74) is 18.7. The quantitative estimate of drug-likeness (QED) is 0.0342. The molecule has 14 aromatic rings. The Morgan fingerprint density at radius 3 is 1.02 bits per heavy atom. The molecule has 0 bridgehead atoms. The predicted molar refractivity (Wildman–Crippen MR) is 584 cm³/mol. The molecule has 702 valence electrons. The summed E-state index contributed by atoms with van der Waals surface area (Å²) in [6.07, 6.45) is 33.4. The van der Waals surface area contributed by atoms with E-state index in [0.717, 1.165) is 176 Å². The number of unbranched alkanes of at least 4 members (excludes halogenated alkanes) is 3. The molecule has 16 rings (SSSR count). The van der Waals surface area contributed by atoms with Crippen molar-refractivity contribution in [2.75, 3.05) is 0 Å². The summed E-state index contributed by atoms with van der Waals surface area (Å²) in [6.45, 7) is 42.7. The summed E-state index contributed by atoms with van der Waals surface area (Å²) < 4.78 is 41.8. The molecule has 4 atom stereocenters. The molecular formula is C113H144Br2N8O2S6Sn. The number of hydrogen-bond acceptors (Lipinski definition) is 16. The first-order valence-electron chi connectivity index (χ1n) is 50.1. The predicted octanol–water partition coefficient (Wildman–Crippen LogP) is 37.5.